The Morgan fingerprint density at radius 3 is 2.44 bits per heavy atom. The maximum Gasteiger partial charge on any atom is 0.159 e. The highest BCUT2D eigenvalue weighted by atomic mass is 15.1. The summed E-state index contributed by atoms with van der Waals surface area (Å²) >= 11 is 0. The van der Waals surface area contributed by atoms with E-state index in [1.807, 2.05) is 30.7 Å². The fourth-order valence-electron chi connectivity index (χ4n) is 1.82. The van der Waals surface area contributed by atoms with Crippen LogP contribution in [0.1, 0.15) is 5.56 Å². The maximum absolute atomic E-state index is 4.39. The molecule has 0 aliphatic carbocycles. The number of benzene rings is 1. The number of H-pyrrole nitrogens is 1. The van der Waals surface area contributed by atoms with Gasteiger partial charge < -0.3 is 0 Å². The second kappa shape index (κ2) is 4.41. The van der Waals surface area contributed by atoms with Gasteiger partial charge in [-0.1, -0.05) is 23.8 Å². The van der Waals surface area contributed by atoms with Crippen LogP contribution < -0.4 is 0 Å². The summed E-state index contributed by atoms with van der Waals surface area (Å²) in [6.45, 7) is 2.06. The molecule has 88 valence electrons. The van der Waals surface area contributed by atoms with Gasteiger partial charge in [-0.25, -0.2) is 9.97 Å². The fourth-order valence-corrected chi connectivity index (χ4v) is 1.82. The minimum atomic E-state index is 0.742. The SMILES string of the molecule is Cc1cccc(-c2ncc(-c3cn[nH]c3)cn2)c1. The van der Waals surface area contributed by atoms with Gasteiger partial charge in [-0.2, -0.15) is 5.10 Å². The van der Waals surface area contributed by atoms with Crippen molar-refractivity contribution in [1.82, 2.24) is 20.2 Å². The minimum absolute atomic E-state index is 0.742. The van der Waals surface area contributed by atoms with Gasteiger partial charge in [-0.15, -0.1) is 0 Å². The summed E-state index contributed by atoms with van der Waals surface area (Å²) in [7, 11) is 0. The summed E-state index contributed by atoms with van der Waals surface area (Å²) in [5.74, 6) is 0.742. The van der Waals surface area contributed by atoms with E-state index in [-0.39, 0.29) is 0 Å². The van der Waals surface area contributed by atoms with Gasteiger partial charge >= 0.3 is 0 Å². The molecular weight excluding hydrogens is 224 g/mol. The van der Waals surface area contributed by atoms with Gasteiger partial charge in [-0.05, 0) is 13.0 Å². The highest BCUT2D eigenvalue weighted by Gasteiger charge is 2.03. The van der Waals surface area contributed by atoms with Gasteiger partial charge in [0.05, 0.1) is 6.20 Å². The Morgan fingerprint density at radius 2 is 1.78 bits per heavy atom. The van der Waals surface area contributed by atoms with Crippen molar-refractivity contribution >= 4 is 0 Å². The Balaban J connectivity index is 1.96. The lowest BCUT2D eigenvalue weighted by molar-refractivity contribution is 1.09. The van der Waals surface area contributed by atoms with Gasteiger partial charge in [0.2, 0.25) is 0 Å². The Hall–Kier alpha value is -2.49. The molecule has 3 rings (SSSR count). The zero-order chi connectivity index (χ0) is 12.4. The first-order valence-electron chi connectivity index (χ1n) is 5.71. The number of nitrogens with zero attached hydrogens (tertiary/aromatic N) is 3. The van der Waals surface area contributed by atoms with Crippen LogP contribution in [0.2, 0.25) is 0 Å². The fraction of sp³-hybridized carbons (Fsp3) is 0.0714. The largest absolute Gasteiger partial charge is 0.285 e. The van der Waals surface area contributed by atoms with Crippen molar-refractivity contribution in [2.45, 2.75) is 6.92 Å². The van der Waals surface area contributed by atoms with Crippen molar-refractivity contribution in [2.24, 2.45) is 0 Å². The van der Waals surface area contributed by atoms with Crippen LogP contribution in [0.25, 0.3) is 22.5 Å². The molecule has 0 amide bonds. The Bertz CT molecular complexity index is 642. The molecule has 18 heavy (non-hydrogen) atoms. The van der Waals surface area contributed by atoms with E-state index in [1.54, 1.807) is 6.20 Å². The Morgan fingerprint density at radius 1 is 0.944 bits per heavy atom. The third kappa shape index (κ3) is 2.00. The number of aryl methyl sites for hydroxylation is 1. The highest BCUT2D eigenvalue weighted by Crippen LogP contribution is 2.19. The van der Waals surface area contributed by atoms with Gasteiger partial charge in [0.15, 0.2) is 5.82 Å². The van der Waals surface area contributed by atoms with Crippen LogP contribution in [-0.2, 0) is 0 Å². The summed E-state index contributed by atoms with van der Waals surface area (Å²) in [4.78, 5) is 8.79. The molecule has 0 spiro atoms. The van der Waals surface area contributed by atoms with Crippen molar-refractivity contribution in [3.8, 4) is 22.5 Å². The van der Waals surface area contributed by atoms with Gasteiger partial charge in [0.1, 0.15) is 0 Å². The zero-order valence-electron chi connectivity index (χ0n) is 9.96. The molecule has 0 aliphatic heterocycles. The van der Waals surface area contributed by atoms with Crippen LogP contribution in [0.4, 0.5) is 0 Å². The van der Waals surface area contributed by atoms with Crippen molar-refractivity contribution in [3.63, 3.8) is 0 Å². The van der Waals surface area contributed by atoms with E-state index in [4.69, 9.17) is 0 Å². The normalized spacial score (nSPS) is 10.5. The van der Waals surface area contributed by atoms with Crippen LogP contribution in [-0.4, -0.2) is 20.2 Å². The third-order valence-corrected chi connectivity index (χ3v) is 2.76. The molecule has 1 N–H and O–H groups in total. The molecule has 1 aromatic carbocycles. The first-order valence-corrected chi connectivity index (χ1v) is 5.71. The van der Waals surface area contributed by atoms with Crippen molar-refractivity contribution < 1.29 is 0 Å². The molecule has 4 heteroatoms. The van der Waals surface area contributed by atoms with E-state index in [0.717, 1.165) is 22.5 Å². The number of aromatic nitrogens is 4. The van der Waals surface area contributed by atoms with Crippen molar-refractivity contribution in [2.75, 3.05) is 0 Å². The average Bonchev–Trinajstić information content (AvgIpc) is 2.93. The van der Waals surface area contributed by atoms with Gasteiger partial charge in [0.25, 0.3) is 0 Å². The van der Waals surface area contributed by atoms with Crippen LogP contribution in [0, 0.1) is 6.92 Å². The second-order valence-electron chi connectivity index (χ2n) is 4.15. The number of nitrogens with one attached hydrogen (secondary N) is 1. The van der Waals surface area contributed by atoms with Crippen molar-refractivity contribution in [3.05, 3.63) is 54.6 Å². The number of hydrogen-bond acceptors (Lipinski definition) is 3. The lowest BCUT2D eigenvalue weighted by Crippen LogP contribution is -1.89. The van der Waals surface area contributed by atoms with Crippen LogP contribution in [0.3, 0.4) is 0 Å². The van der Waals surface area contributed by atoms with E-state index in [9.17, 15) is 0 Å². The molecule has 0 radical (unpaired) electrons. The Kier molecular flexibility index (Phi) is 2.61. The molecule has 0 aliphatic rings. The molecule has 3 aromatic rings. The Labute approximate surface area is 105 Å². The summed E-state index contributed by atoms with van der Waals surface area (Å²) in [6.07, 6.45) is 7.21. The predicted molar refractivity (Wildman–Crippen MR) is 69.8 cm³/mol. The van der Waals surface area contributed by atoms with Gasteiger partial charge in [-0.3, -0.25) is 5.10 Å². The van der Waals surface area contributed by atoms with Gasteiger partial charge in [0, 0.05) is 35.3 Å². The molecule has 0 saturated heterocycles. The maximum atomic E-state index is 4.39. The van der Waals surface area contributed by atoms with E-state index < -0.39 is 0 Å². The summed E-state index contributed by atoms with van der Waals surface area (Å²) in [6, 6.07) is 8.16. The summed E-state index contributed by atoms with van der Waals surface area (Å²) in [5.41, 5.74) is 4.19. The molecule has 0 saturated carbocycles. The predicted octanol–water partition coefficient (Wildman–Crippen LogP) is 2.84. The lowest BCUT2D eigenvalue weighted by Gasteiger charge is -2.02. The molecule has 0 bridgehead atoms. The first-order chi connectivity index (χ1) is 8.83. The first kappa shape index (κ1) is 10.7. The van der Waals surface area contributed by atoms with E-state index >= 15 is 0 Å². The second-order valence-corrected chi connectivity index (χ2v) is 4.15. The molecular formula is C14H12N4. The number of rotatable bonds is 2. The molecule has 2 aromatic heterocycles. The third-order valence-electron chi connectivity index (χ3n) is 2.76. The quantitative estimate of drug-likeness (QED) is 0.744. The zero-order valence-corrected chi connectivity index (χ0v) is 9.96. The smallest absolute Gasteiger partial charge is 0.159 e. The van der Waals surface area contributed by atoms with E-state index in [2.05, 4.69) is 39.2 Å². The summed E-state index contributed by atoms with van der Waals surface area (Å²) < 4.78 is 0. The van der Waals surface area contributed by atoms with E-state index in [0.29, 0.717) is 0 Å². The number of aromatic amines is 1. The molecule has 4 nitrogen and oxygen atoms in total. The molecule has 2 heterocycles. The monoisotopic (exact) mass is 236 g/mol. The lowest BCUT2D eigenvalue weighted by atomic mass is 10.1. The van der Waals surface area contributed by atoms with E-state index in [1.165, 1.54) is 5.56 Å². The van der Waals surface area contributed by atoms with Crippen LogP contribution in [0.15, 0.2) is 49.1 Å². The van der Waals surface area contributed by atoms with Crippen molar-refractivity contribution in [1.29, 1.82) is 0 Å². The molecule has 0 atom stereocenters. The molecule has 0 unspecified atom stereocenters. The summed E-state index contributed by atoms with van der Waals surface area (Å²) in [5, 5.41) is 6.69. The topological polar surface area (TPSA) is 54.5 Å². The highest BCUT2D eigenvalue weighted by molar-refractivity contribution is 5.62. The standard InChI is InChI=1S/C14H12N4/c1-10-3-2-4-11(5-10)14-15-6-12(7-16-14)13-8-17-18-9-13/h2-9H,1H3,(H,17,18). The molecule has 0 fully saturated rings. The van der Waals surface area contributed by atoms with Crippen LogP contribution in [0.5, 0.6) is 0 Å². The average molecular weight is 236 g/mol. The number of hydrogen-bond donors (Lipinski definition) is 1. The van der Waals surface area contributed by atoms with Crippen LogP contribution >= 0.6 is 0 Å². The minimum Gasteiger partial charge on any atom is -0.285 e.